The molecule has 0 saturated carbocycles. The molecule has 0 spiro atoms. The molecule has 26 nitrogen and oxygen atoms in total. The Bertz CT molecular complexity index is 2790. The van der Waals surface area contributed by atoms with E-state index in [0.717, 1.165) is 56.9 Å². The first-order valence-corrected chi connectivity index (χ1v) is 25.9. The van der Waals surface area contributed by atoms with Crippen LogP contribution in [0.2, 0.25) is 0 Å². The van der Waals surface area contributed by atoms with E-state index in [2.05, 4.69) is 91.5 Å². The number of nitrogens with one attached hydrogen (secondary N) is 4. The predicted octanol–water partition coefficient (Wildman–Crippen LogP) is 8.03. The number of nitrogens with two attached hydrogens (primary N) is 4. The molecular weight excluding hydrogens is 981 g/mol. The highest BCUT2D eigenvalue weighted by Crippen LogP contribution is 2.27. The van der Waals surface area contributed by atoms with Crippen molar-refractivity contribution < 1.29 is 0 Å². The lowest BCUT2D eigenvalue weighted by molar-refractivity contribution is 0.817. The molecule has 0 radical (unpaired) electrons. The summed E-state index contributed by atoms with van der Waals surface area (Å²) in [5.41, 5.74) is 24.5. The van der Waals surface area contributed by atoms with Gasteiger partial charge in [0, 0.05) is 51.0 Å². The van der Waals surface area contributed by atoms with E-state index in [1.807, 2.05) is 132 Å². The molecule has 8 heterocycles. The summed E-state index contributed by atoms with van der Waals surface area (Å²) in [6.45, 7) is 26.9. The van der Waals surface area contributed by atoms with Gasteiger partial charge in [0.1, 0.15) is 0 Å². The number of benzene rings is 2. The number of fused-ring (bicyclic) bond motifs is 2. The molecule has 396 valence electrons. The summed E-state index contributed by atoms with van der Waals surface area (Å²) in [5.74, 6) is 4.01. The summed E-state index contributed by atoms with van der Waals surface area (Å²) in [5, 5.41) is 30.2. The van der Waals surface area contributed by atoms with E-state index in [9.17, 15) is 0 Å². The van der Waals surface area contributed by atoms with Crippen LogP contribution < -0.4 is 44.2 Å². The van der Waals surface area contributed by atoms with E-state index in [1.165, 1.54) is 9.36 Å². The lowest BCUT2D eigenvalue weighted by Crippen LogP contribution is -2.06. The topological polar surface area (TPSA) is 352 Å². The summed E-state index contributed by atoms with van der Waals surface area (Å²) in [7, 11) is 0. The third-order valence-electron chi connectivity index (χ3n) is 8.26. The van der Waals surface area contributed by atoms with Crippen LogP contribution in [0.5, 0.6) is 0 Å². The van der Waals surface area contributed by atoms with Crippen LogP contribution in [0.4, 0.5) is 47.6 Å². The molecule has 10 aromatic rings. The molecule has 0 amide bonds. The SMILES string of the molecule is CC.CC.CC.CC.CCNc1nc(N)n(-c2ncccn2)n1.CCNc1nc(N)n(-c2ncccn2)n1.CCNc1nc(N)nn1-c1nc2ccccc2s1.CCNc1nc(N)nn1-c1nc2ccccc2s1. The quantitative estimate of drug-likeness (QED) is 0.0573. The highest BCUT2D eigenvalue weighted by molar-refractivity contribution is 7.21. The van der Waals surface area contributed by atoms with Crippen molar-refractivity contribution in [2.24, 2.45) is 0 Å². The first-order chi connectivity index (χ1) is 36.2. The number of rotatable bonds is 12. The Morgan fingerprint density at radius 3 is 1.07 bits per heavy atom. The average molecular weight is 1050 g/mol. The fraction of sp³-hybridized carbons (Fsp3) is 0.348. The van der Waals surface area contributed by atoms with Crippen molar-refractivity contribution >= 4 is 90.7 Å². The van der Waals surface area contributed by atoms with E-state index >= 15 is 0 Å². The molecule has 0 saturated heterocycles. The van der Waals surface area contributed by atoms with Crippen LogP contribution in [0.3, 0.4) is 0 Å². The van der Waals surface area contributed by atoms with E-state index in [-0.39, 0.29) is 23.8 Å². The number of nitrogen functional groups attached to an aromatic ring is 4. The molecule has 0 aliphatic heterocycles. The van der Waals surface area contributed by atoms with Crippen LogP contribution in [0.25, 0.3) is 42.6 Å². The van der Waals surface area contributed by atoms with E-state index in [0.29, 0.717) is 35.7 Å². The number of hydrogen-bond donors (Lipinski definition) is 8. The van der Waals surface area contributed by atoms with Crippen molar-refractivity contribution in [3.8, 4) is 22.2 Å². The average Bonchev–Trinajstić information content (AvgIpc) is 4.32. The second-order valence-electron chi connectivity index (χ2n) is 13.0. The first kappa shape index (κ1) is 59.6. The van der Waals surface area contributed by atoms with Crippen LogP contribution in [0.1, 0.15) is 83.1 Å². The maximum absolute atomic E-state index is 5.67. The minimum atomic E-state index is 0.241. The Labute approximate surface area is 439 Å². The van der Waals surface area contributed by atoms with Gasteiger partial charge >= 0.3 is 0 Å². The molecule has 2 aromatic carbocycles. The zero-order valence-corrected chi connectivity index (χ0v) is 45.7. The van der Waals surface area contributed by atoms with Gasteiger partial charge in [-0.1, -0.05) is 102 Å². The molecule has 0 aliphatic rings. The Kier molecular flexibility index (Phi) is 26.1. The van der Waals surface area contributed by atoms with Gasteiger partial charge < -0.3 is 44.2 Å². The second-order valence-corrected chi connectivity index (χ2v) is 15.0. The number of nitrogens with zero attached hydrogens (tertiary/aromatic N) is 18. The number of para-hydroxylation sites is 2. The summed E-state index contributed by atoms with van der Waals surface area (Å²) >= 11 is 3.12. The fourth-order valence-electron chi connectivity index (χ4n) is 5.58. The minimum Gasteiger partial charge on any atom is -0.368 e. The van der Waals surface area contributed by atoms with Gasteiger partial charge in [-0.05, 0) is 64.1 Å². The summed E-state index contributed by atoms with van der Waals surface area (Å²) in [4.78, 5) is 41.4. The fourth-order valence-corrected chi connectivity index (χ4v) is 7.42. The molecule has 0 fully saturated rings. The third-order valence-corrected chi connectivity index (χ3v) is 10.3. The standard InChI is InChI=1S/2C11H12N6S.2C8H11N7.4C2H6/c2*1-2-13-10-15-9(12)16-17(10)11-14-7-5-3-4-6-8(7)18-11;2*1-2-10-7-13-6(9)15(14-7)8-11-4-3-5-12-8;4*1-2/h2*3-6H,2H2,1H3,(H3,12,13,15,16);2*3-5H,2H2,1H3,(H3,9,10,13,14);4*1-2H3. The number of aromatic nitrogens is 18. The van der Waals surface area contributed by atoms with Crippen molar-refractivity contribution in [2.75, 3.05) is 70.4 Å². The molecule has 28 heteroatoms. The van der Waals surface area contributed by atoms with Crippen LogP contribution in [0.15, 0.2) is 85.5 Å². The van der Waals surface area contributed by atoms with Gasteiger partial charge in [0.2, 0.25) is 57.8 Å². The molecule has 0 atom stereocenters. The van der Waals surface area contributed by atoms with Gasteiger partial charge in [0.25, 0.3) is 11.9 Å². The van der Waals surface area contributed by atoms with Crippen molar-refractivity contribution in [2.45, 2.75) is 83.1 Å². The van der Waals surface area contributed by atoms with Crippen LogP contribution >= 0.6 is 22.7 Å². The molecule has 74 heavy (non-hydrogen) atoms. The van der Waals surface area contributed by atoms with Crippen LogP contribution in [-0.4, -0.2) is 115 Å². The zero-order valence-electron chi connectivity index (χ0n) is 44.1. The van der Waals surface area contributed by atoms with Gasteiger partial charge in [-0.2, -0.15) is 38.7 Å². The predicted molar refractivity (Wildman–Crippen MR) is 303 cm³/mol. The minimum absolute atomic E-state index is 0.241. The molecule has 8 aromatic heterocycles. The maximum atomic E-state index is 5.67. The van der Waals surface area contributed by atoms with Gasteiger partial charge in [0.15, 0.2) is 0 Å². The number of hydrogen-bond acceptors (Lipinski definition) is 24. The normalized spacial score (nSPS) is 9.78. The molecule has 0 unspecified atom stereocenters. The van der Waals surface area contributed by atoms with Crippen LogP contribution in [0, 0.1) is 0 Å². The van der Waals surface area contributed by atoms with Gasteiger partial charge in [-0.15, -0.1) is 20.4 Å². The lowest BCUT2D eigenvalue weighted by Gasteiger charge is -2.01. The smallest absolute Gasteiger partial charge is 0.253 e. The van der Waals surface area contributed by atoms with Crippen molar-refractivity contribution in [1.29, 1.82) is 0 Å². The Morgan fingerprint density at radius 2 is 0.743 bits per heavy atom. The Hall–Kier alpha value is -8.66. The maximum Gasteiger partial charge on any atom is 0.253 e. The summed E-state index contributed by atoms with van der Waals surface area (Å²) in [6, 6.07) is 19.4. The molecule has 0 aliphatic carbocycles. The van der Waals surface area contributed by atoms with Gasteiger partial charge in [0.05, 0.1) is 20.4 Å². The van der Waals surface area contributed by atoms with E-state index in [1.54, 1.807) is 69.0 Å². The molecule has 0 bridgehead atoms. The van der Waals surface area contributed by atoms with Crippen molar-refractivity contribution in [3.63, 3.8) is 0 Å². The second kappa shape index (κ2) is 32.3. The van der Waals surface area contributed by atoms with Gasteiger partial charge in [-0.3, -0.25) is 0 Å². The zero-order chi connectivity index (χ0) is 54.4. The number of thiazole rings is 2. The highest BCUT2D eigenvalue weighted by atomic mass is 32.1. The molecular formula is C46H70N26S2. The Balaban J connectivity index is 0.000000249. The number of anilines is 8. The van der Waals surface area contributed by atoms with Crippen LogP contribution in [-0.2, 0) is 0 Å². The molecule has 12 N–H and O–H groups in total. The third kappa shape index (κ3) is 16.7. The lowest BCUT2D eigenvalue weighted by atomic mass is 10.3. The highest BCUT2D eigenvalue weighted by Gasteiger charge is 2.15. The van der Waals surface area contributed by atoms with Crippen molar-refractivity contribution in [3.05, 3.63) is 85.5 Å². The van der Waals surface area contributed by atoms with Crippen molar-refractivity contribution in [1.82, 2.24) is 89.0 Å². The summed E-state index contributed by atoms with van der Waals surface area (Å²) in [6.07, 6.45) is 6.49. The largest absolute Gasteiger partial charge is 0.368 e. The monoisotopic (exact) mass is 1050 g/mol. The Morgan fingerprint density at radius 1 is 0.405 bits per heavy atom. The first-order valence-electron chi connectivity index (χ1n) is 24.3. The van der Waals surface area contributed by atoms with E-state index < -0.39 is 0 Å². The van der Waals surface area contributed by atoms with E-state index in [4.69, 9.17) is 22.9 Å². The van der Waals surface area contributed by atoms with Gasteiger partial charge in [-0.25, -0.2) is 29.9 Å². The summed E-state index contributed by atoms with van der Waals surface area (Å²) < 4.78 is 8.29. The molecule has 10 rings (SSSR count).